The molecule has 11 heteroatoms. The molecule has 0 aliphatic carbocycles. The molecule has 9 nitrogen and oxygen atoms in total. The Morgan fingerprint density at radius 3 is 2.46 bits per heavy atom. The first-order valence-electron chi connectivity index (χ1n) is 12.2. The van der Waals surface area contributed by atoms with Gasteiger partial charge in [-0.25, -0.2) is 14.1 Å². The van der Waals surface area contributed by atoms with Crippen LogP contribution < -0.4 is 15.4 Å². The van der Waals surface area contributed by atoms with Gasteiger partial charge in [-0.2, -0.15) is 0 Å². The Labute approximate surface area is 238 Å². The molecule has 0 spiro atoms. The first-order chi connectivity index (χ1) is 18.7. The lowest BCUT2D eigenvalue weighted by atomic mass is 9.91. The molecule has 0 aromatic heterocycles. The molecule has 1 saturated heterocycles. The molecular formula is C28H27FIN3O6. The van der Waals surface area contributed by atoms with Crippen molar-refractivity contribution in [2.24, 2.45) is 0 Å². The summed E-state index contributed by atoms with van der Waals surface area (Å²) in [4.78, 5) is 41.2. The zero-order chi connectivity index (χ0) is 28.1. The summed E-state index contributed by atoms with van der Waals surface area (Å²) in [6.45, 7) is 1.17. The number of aliphatic hydroxyl groups is 2. The highest BCUT2D eigenvalue weighted by Crippen LogP contribution is 2.32. The summed E-state index contributed by atoms with van der Waals surface area (Å²) in [6, 6.07) is 16.5. The molecular weight excluding hydrogens is 620 g/mol. The van der Waals surface area contributed by atoms with E-state index in [4.69, 9.17) is 9.84 Å². The van der Waals surface area contributed by atoms with Crippen molar-refractivity contribution in [2.75, 3.05) is 18.5 Å². The monoisotopic (exact) mass is 647 g/mol. The summed E-state index contributed by atoms with van der Waals surface area (Å²) >= 11 is 1.95. The number of anilines is 1. The molecule has 0 saturated carbocycles. The lowest BCUT2D eigenvalue weighted by Gasteiger charge is -2.30. The van der Waals surface area contributed by atoms with Crippen molar-refractivity contribution in [1.29, 1.82) is 0 Å². The number of aliphatic hydroxyl groups excluding tert-OH is 2. The fraction of sp³-hybridized carbons (Fsp3) is 0.250. The van der Waals surface area contributed by atoms with Crippen molar-refractivity contribution in [3.05, 3.63) is 93.3 Å². The number of nitrogens with one attached hydrogen (secondary N) is 2. The Kier molecular flexibility index (Phi) is 9.15. The molecule has 1 fully saturated rings. The van der Waals surface area contributed by atoms with Crippen molar-refractivity contribution in [1.82, 2.24) is 10.2 Å². The van der Waals surface area contributed by atoms with Gasteiger partial charge < -0.3 is 25.6 Å². The van der Waals surface area contributed by atoms with Crippen molar-refractivity contribution in [3.8, 4) is 5.75 Å². The van der Waals surface area contributed by atoms with E-state index in [0.717, 1.165) is 10.5 Å². The third-order valence-electron chi connectivity index (χ3n) is 6.37. The van der Waals surface area contributed by atoms with E-state index in [0.29, 0.717) is 14.9 Å². The Bertz CT molecular complexity index is 1340. The molecule has 3 aromatic rings. The van der Waals surface area contributed by atoms with Crippen LogP contribution in [0.15, 0.2) is 72.8 Å². The van der Waals surface area contributed by atoms with Crippen molar-refractivity contribution < 1.29 is 33.7 Å². The number of halogens is 2. The number of nitrogens with zero attached hydrogens (tertiary/aromatic N) is 1. The van der Waals surface area contributed by atoms with Crippen LogP contribution in [0.4, 0.5) is 14.9 Å². The largest absolute Gasteiger partial charge is 0.491 e. The third kappa shape index (κ3) is 6.54. The summed E-state index contributed by atoms with van der Waals surface area (Å²) in [6.07, 6.45) is -1.03. The molecule has 204 valence electrons. The fourth-order valence-corrected chi connectivity index (χ4v) is 4.74. The molecule has 1 aliphatic heterocycles. The highest BCUT2D eigenvalue weighted by atomic mass is 127. The van der Waals surface area contributed by atoms with Gasteiger partial charge in [0.2, 0.25) is 5.91 Å². The van der Waals surface area contributed by atoms with Crippen LogP contribution in [0.3, 0.4) is 0 Å². The maximum absolute atomic E-state index is 14.5. The third-order valence-corrected chi connectivity index (χ3v) is 7.04. The second kappa shape index (κ2) is 12.5. The minimum atomic E-state index is -1.27. The van der Waals surface area contributed by atoms with Crippen molar-refractivity contribution in [2.45, 2.75) is 31.0 Å². The van der Waals surface area contributed by atoms with Gasteiger partial charge >= 0.3 is 6.03 Å². The van der Waals surface area contributed by atoms with E-state index < -0.39 is 54.4 Å². The Balaban J connectivity index is 1.60. The quantitative estimate of drug-likeness (QED) is 0.197. The van der Waals surface area contributed by atoms with Crippen LogP contribution in [0.1, 0.15) is 30.0 Å². The van der Waals surface area contributed by atoms with E-state index in [1.807, 2.05) is 28.7 Å². The summed E-state index contributed by atoms with van der Waals surface area (Å²) in [5.41, 5.74) is 1.12. The van der Waals surface area contributed by atoms with E-state index in [-0.39, 0.29) is 12.3 Å². The molecule has 3 aromatic carbocycles. The smallest absolute Gasteiger partial charge is 0.325 e. The number of carbonyl (C=O) groups excluding carboxylic acids is 3. The van der Waals surface area contributed by atoms with Gasteiger partial charge in [-0.1, -0.05) is 49.4 Å². The van der Waals surface area contributed by atoms with Crippen LogP contribution >= 0.6 is 22.6 Å². The molecule has 4 atom stereocenters. The van der Waals surface area contributed by atoms with E-state index in [9.17, 15) is 23.9 Å². The van der Waals surface area contributed by atoms with Crippen molar-refractivity contribution >= 4 is 46.1 Å². The highest BCUT2D eigenvalue weighted by molar-refractivity contribution is 14.1. The molecule has 1 heterocycles. The predicted molar refractivity (Wildman–Crippen MR) is 150 cm³/mol. The SMILES string of the molecule is C[C@@H](c1ccccc1)[C@@H](C(=O)Nc1ccc(I)cc1F)N1C(=O)N[C@@H](c2ccc(OC[C@@H](O)CO)cc2)C1=O. The van der Waals surface area contributed by atoms with Crippen LogP contribution in [0.5, 0.6) is 5.75 Å². The summed E-state index contributed by atoms with van der Waals surface area (Å²) in [5, 5.41) is 23.6. The summed E-state index contributed by atoms with van der Waals surface area (Å²) in [5.74, 6) is -2.18. The van der Waals surface area contributed by atoms with E-state index >= 15 is 0 Å². The molecule has 4 amide bonds. The highest BCUT2D eigenvalue weighted by Gasteiger charge is 2.47. The predicted octanol–water partition coefficient (Wildman–Crippen LogP) is 3.57. The molecule has 39 heavy (non-hydrogen) atoms. The first-order valence-corrected chi connectivity index (χ1v) is 13.2. The minimum Gasteiger partial charge on any atom is -0.491 e. The van der Waals surface area contributed by atoms with Crippen LogP contribution in [0, 0.1) is 9.39 Å². The van der Waals surface area contributed by atoms with Gasteiger partial charge in [0, 0.05) is 9.49 Å². The van der Waals surface area contributed by atoms with Crippen molar-refractivity contribution in [3.63, 3.8) is 0 Å². The number of hydrogen-bond acceptors (Lipinski definition) is 6. The minimum absolute atomic E-state index is 0.0591. The number of benzene rings is 3. The maximum Gasteiger partial charge on any atom is 0.325 e. The summed E-state index contributed by atoms with van der Waals surface area (Å²) < 4.78 is 20.6. The van der Waals surface area contributed by atoms with Gasteiger partial charge in [-0.15, -0.1) is 0 Å². The van der Waals surface area contributed by atoms with Crippen LogP contribution in [0.25, 0.3) is 0 Å². The molecule has 0 bridgehead atoms. The van der Waals surface area contributed by atoms with E-state index in [2.05, 4.69) is 10.6 Å². The number of rotatable bonds is 10. The van der Waals surface area contributed by atoms with E-state index in [1.54, 1.807) is 61.5 Å². The maximum atomic E-state index is 14.5. The summed E-state index contributed by atoms with van der Waals surface area (Å²) in [7, 11) is 0. The second-order valence-electron chi connectivity index (χ2n) is 9.06. The van der Waals surface area contributed by atoms with Gasteiger partial charge in [-0.3, -0.25) is 9.59 Å². The Morgan fingerprint density at radius 1 is 1.13 bits per heavy atom. The van der Waals surface area contributed by atoms with Gasteiger partial charge in [0.25, 0.3) is 5.91 Å². The average Bonchev–Trinajstić information content (AvgIpc) is 3.23. The number of hydrogen-bond donors (Lipinski definition) is 4. The normalized spacial score (nSPS) is 17.4. The van der Waals surface area contributed by atoms with Gasteiger partial charge in [-0.05, 0) is 64.0 Å². The fourth-order valence-electron chi connectivity index (χ4n) is 4.29. The second-order valence-corrected chi connectivity index (χ2v) is 10.3. The zero-order valence-corrected chi connectivity index (χ0v) is 23.0. The first kappa shape index (κ1) is 28.5. The number of carbonyl (C=O) groups is 3. The Morgan fingerprint density at radius 2 is 1.82 bits per heavy atom. The van der Waals surface area contributed by atoms with Gasteiger partial charge in [0.1, 0.15) is 36.4 Å². The lowest BCUT2D eigenvalue weighted by molar-refractivity contribution is -0.134. The molecule has 0 unspecified atom stereocenters. The van der Waals surface area contributed by atoms with Crippen LogP contribution in [-0.2, 0) is 9.59 Å². The molecule has 4 rings (SSSR count). The van der Waals surface area contributed by atoms with Gasteiger partial charge in [0.05, 0.1) is 12.3 Å². The van der Waals surface area contributed by atoms with Crippen LogP contribution in [0.2, 0.25) is 0 Å². The van der Waals surface area contributed by atoms with E-state index in [1.165, 1.54) is 12.1 Å². The average molecular weight is 647 g/mol. The molecule has 0 radical (unpaired) electrons. The molecule has 4 N–H and O–H groups in total. The zero-order valence-electron chi connectivity index (χ0n) is 20.9. The number of amides is 4. The number of ether oxygens (including phenoxy) is 1. The Hall–Kier alpha value is -3.55. The number of urea groups is 1. The topological polar surface area (TPSA) is 128 Å². The number of imide groups is 1. The van der Waals surface area contributed by atoms with Gasteiger partial charge in [0.15, 0.2) is 0 Å². The molecule has 1 aliphatic rings. The van der Waals surface area contributed by atoms with Crippen LogP contribution in [-0.4, -0.2) is 58.3 Å². The standard InChI is InChI=1S/C28H27FIN3O6/c1-16(17-5-3-2-4-6-17)25(26(36)31-23-12-9-19(30)13-22(23)29)33-27(37)24(32-28(33)38)18-7-10-21(11-8-18)39-15-20(35)14-34/h2-13,16,20,24-25,34-35H,14-15H2,1H3,(H,31,36)(H,32,38)/t16-,20-,24-,25-/m0/s1. The lowest BCUT2D eigenvalue weighted by Crippen LogP contribution is -2.50.